The second kappa shape index (κ2) is 7.47. The number of benzene rings is 1. The van der Waals surface area contributed by atoms with Gasteiger partial charge in [-0.2, -0.15) is 0 Å². The second-order valence-electron chi connectivity index (χ2n) is 6.79. The van der Waals surface area contributed by atoms with Crippen molar-refractivity contribution in [3.05, 3.63) is 48.4 Å². The minimum atomic E-state index is -0.500. The number of piperazine rings is 1. The van der Waals surface area contributed by atoms with Crippen LogP contribution < -0.4 is 9.64 Å². The number of carbonyl (C=O) groups excluding carboxylic acids is 3. The lowest BCUT2D eigenvalue weighted by atomic mass is 10.1. The highest BCUT2D eigenvalue weighted by Gasteiger charge is 2.43. The Morgan fingerprint density at radius 3 is 2.57 bits per heavy atom. The van der Waals surface area contributed by atoms with Crippen LogP contribution in [0, 0.1) is 0 Å². The molecule has 0 aliphatic carbocycles. The van der Waals surface area contributed by atoms with E-state index in [4.69, 9.17) is 9.15 Å². The van der Waals surface area contributed by atoms with Crippen molar-refractivity contribution in [1.29, 1.82) is 0 Å². The van der Waals surface area contributed by atoms with Gasteiger partial charge in [-0.05, 0) is 24.3 Å². The van der Waals surface area contributed by atoms with E-state index in [2.05, 4.69) is 0 Å². The van der Waals surface area contributed by atoms with E-state index in [1.807, 2.05) is 4.90 Å². The first-order valence-corrected chi connectivity index (χ1v) is 9.16. The first-order valence-electron chi connectivity index (χ1n) is 9.16. The molecule has 2 aliphatic heterocycles. The fourth-order valence-electron chi connectivity index (χ4n) is 3.71. The molecule has 0 N–H and O–H groups in total. The zero-order chi connectivity index (χ0) is 19.7. The van der Waals surface area contributed by atoms with Crippen molar-refractivity contribution in [3.8, 4) is 5.75 Å². The van der Waals surface area contributed by atoms with Crippen LogP contribution >= 0.6 is 0 Å². The lowest BCUT2D eigenvalue weighted by Gasteiger charge is -2.36. The van der Waals surface area contributed by atoms with Gasteiger partial charge in [0.05, 0.1) is 31.5 Å². The first-order chi connectivity index (χ1) is 13.6. The van der Waals surface area contributed by atoms with Crippen molar-refractivity contribution in [2.75, 3.05) is 38.2 Å². The van der Waals surface area contributed by atoms with Crippen molar-refractivity contribution in [2.45, 2.75) is 12.5 Å². The number of amides is 3. The smallest absolute Gasteiger partial charge is 0.289 e. The van der Waals surface area contributed by atoms with Crippen molar-refractivity contribution in [2.24, 2.45) is 0 Å². The van der Waals surface area contributed by atoms with Gasteiger partial charge in [-0.1, -0.05) is 6.07 Å². The molecule has 4 rings (SSSR count). The van der Waals surface area contributed by atoms with E-state index in [-0.39, 0.29) is 24.1 Å². The Morgan fingerprint density at radius 1 is 1.11 bits per heavy atom. The van der Waals surface area contributed by atoms with Crippen LogP contribution in [-0.2, 0) is 9.59 Å². The molecule has 28 heavy (non-hydrogen) atoms. The molecule has 0 unspecified atom stereocenters. The van der Waals surface area contributed by atoms with Gasteiger partial charge in [0.25, 0.3) is 11.8 Å². The third kappa shape index (κ3) is 3.27. The summed E-state index contributed by atoms with van der Waals surface area (Å²) in [5, 5.41) is 0. The molecule has 0 radical (unpaired) electrons. The maximum atomic E-state index is 12.9. The lowest BCUT2D eigenvalue weighted by molar-refractivity contribution is -0.123. The zero-order valence-corrected chi connectivity index (χ0v) is 15.5. The molecule has 1 atom stereocenters. The maximum absolute atomic E-state index is 12.9. The Kier molecular flexibility index (Phi) is 4.87. The molecule has 1 aromatic heterocycles. The molecule has 3 heterocycles. The summed E-state index contributed by atoms with van der Waals surface area (Å²) in [5.74, 6) is 0.286. The minimum Gasteiger partial charge on any atom is -0.497 e. The van der Waals surface area contributed by atoms with Gasteiger partial charge < -0.3 is 14.1 Å². The molecule has 3 amide bonds. The quantitative estimate of drug-likeness (QED) is 0.742. The van der Waals surface area contributed by atoms with Crippen LogP contribution in [0.15, 0.2) is 47.1 Å². The van der Waals surface area contributed by atoms with Gasteiger partial charge in [0.15, 0.2) is 5.76 Å². The SMILES string of the molecule is COc1cccc(N2C(=O)C[C@H](N3CCN(C(=O)c4ccco4)CC3)C2=O)c1. The molecular formula is C20H21N3O5. The highest BCUT2D eigenvalue weighted by molar-refractivity contribution is 6.22. The molecule has 2 fully saturated rings. The summed E-state index contributed by atoms with van der Waals surface area (Å²) in [6, 6.07) is 9.74. The molecule has 8 nitrogen and oxygen atoms in total. The van der Waals surface area contributed by atoms with Gasteiger partial charge in [-0.15, -0.1) is 0 Å². The number of ether oxygens (including phenoxy) is 1. The summed E-state index contributed by atoms with van der Waals surface area (Å²) in [6.07, 6.45) is 1.61. The summed E-state index contributed by atoms with van der Waals surface area (Å²) >= 11 is 0. The molecule has 0 spiro atoms. The predicted octanol–water partition coefficient (Wildman–Crippen LogP) is 1.38. The zero-order valence-electron chi connectivity index (χ0n) is 15.5. The van der Waals surface area contributed by atoms with Crippen LogP contribution in [0.3, 0.4) is 0 Å². The average Bonchev–Trinajstić information content (AvgIpc) is 3.36. The monoisotopic (exact) mass is 383 g/mol. The van der Waals surface area contributed by atoms with Gasteiger partial charge >= 0.3 is 0 Å². The van der Waals surface area contributed by atoms with Crippen LogP contribution in [0.4, 0.5) is 5.69 Å². The minimum absolute atomic E-state index is 0.141. The number of hydrogen-bond acceptors (Lipinski definition) is 6. The highest BCUT2D eigenvalue weighted by Crippen LogP contribution is 2.28. The number of hydrogen-bond donors (Lipinski definition) is 0. The third-order valence-corrected chi connectivity index (χ3v) is 5.21. The van der Waals surface area contributed by atoms with E-state index in [1.54, 1.807) is 48.4 Å². The molecule has 8 heteroatoms. The fraction of sp³-hybridized carbons (Fsp3) is 0.350. The molecule has 1 aromatic carbocycles. The average molecular weight is 383 g/mol. The van der Waals surface area contributed by atoms with E-state index in [0.29, 0.717) is 43.4 Å². The largest absolute Gasteiger partial charge is 0.497 e. The highest BCUT2D eigenvalue weighted by atomic mass is 16.5. The van der Waals surface area contributed by atoms with Gasteiger partial charge in [-0.3, -0.25) is 19.3 Å². The standard InChI is InChI=1S/C20H21N3O5/c1-27-15-5-2-4-14(12-15)23-18(24)13-16(19(23)25)21-7-9-22(10-8-21)20(26)17-6-3-11-28-17/h2-6,11-12,16H,7-10,13H2,1H3/t16-/m0/s1. The summed E-state index contributed by atoms with van der Waals surface area (Å²) in [5.41, 5.74) is 0.517. The summed E-state index contributed by atoms with van der Waals surface area (Å²) in [4.78, 5) is 42.8. The van der Waals surface area contributed by atoms with Crippen LogP contribution in [0.2, 0.25) is 0 Å². The molecule has 2 aromatic rings. The summed E-state index contributed by atoms with van der Waals surface area (Å²) < 4.78 is 10.4. The van der Waals surface area contributed by atoms with E-state index in [1.165, 1.54) is 11.2 Å². The Hall–Kier alpha value is -3.13. The molecule has 0 bridgehead atoms. The van der Waals surface area contributed by atoms with Crippen molar-refractivity contribution >= 4 is 23.4 Å². The third-order valence-electron chi connectivity index (χ3n) is 5.21. The van der Waals surface area contributed by atoms with Crippen LogP contribution in [0.25, 0.3) is 0 Å². The topological polar surface area (TPSA) is 83.3 Å². The number of furan rings is 1. The predicted molar refractivity (Wildman–Crippen MR) is 100 cm³/mol. The van der Waals surface area contributed by atoms with E-state index in [0.717, 1.165) is 0 Å². The van der Waals surface area contributed by atoms with E-state index >= 15 is 0 Å². The van der Waals surface area contributed by atoms with Gasteiger partial charge in [0.2, 0.25) is 5.91 Å². The van der Waals surface area contributed by atoms with E-state index < -0.39 is 6.04 Å². The maximum Gasteiger partial charge on any atom is 0.289 e. The number of nitrogens with zero attached hydrogens (tertiary/aromatic N) is 3. The van der Waals surface area contributed by atoms with Crippen molar-refractivity contribution in [3.63, 3.8) is 0 Å². The second-order valence-corrected chi connectivity index (χ2v) is 6.79. The van der Waals surface area contributed by atoms with Gasteiger partial charge in [0, 0.05) is 32.2 Å². The van der Waals surface area contributed by atoms with Gasteiger partial charge in [-0.25, -0.2) is 4.90 Å². The van der Waals surface area contributed by atoms with Crippen LogP contribution in [0.1, 0.15) is 17.0 Å². The summed E-state index contributed by atoms with van der Waals surface area (Å²) in [6.45, 7) is 2.03. The Labute approximate surface area is 162 Å². The van der Waals surface area contributed by atoms with Crippen LogP contribution in [-0.4, -0.2) is 66.9 Å². The number of imide groups is 1. The summed E-state index contributed by atoms with van der Waals surface area (Å²) in [7, 11) is 1.54. The fourth-order valence-corrected chi connectivity index (χ4v) is 3.71. The van der Waals surface area contributed by atoms with Crippen molar-refractivity contribution < 1.29 is 23.5 Å². The molecule has 2 aliphatic rings. The molecule has 2 saturated heterocycles. The number of rotatable bonds is 4. The van der Waals surface area contributed by atoms with E-state index in [9.17, 15) is 14.4 Å². The van der Waals surface area contributed by atoms with Gasteiger partial charge in [0.1, 0.15) is 5.75 Å². The Bertz CT molecular complexity index is 887. The number of anilines is 1. The Balaban J connectivity index is 1.42. The van der Waals surface area contributed by atoms with Crippen LogP contribution in [0.5, 0.6) is 5.75 Å². The number of carbonyl (C=O) groups is 3. The first kappa shape index (κ1) is 18.2. The normalized spacial score (nSPS) is 20.7. The molecular weight excluding hydrogens is 362 g/mol. The van der Waals surface area contributed by atoms with Crippen molar-refractivity contribution in [1.82, 2.24) is 9.80 Å². The molecule has 146 valence electrons. The molecule has 0 saturated carbocycles. The number of methoxy groups -OCH3 is 1. The lowest BCUT2D eigenvalue weighted by Crippen LogP contribution is -2.53. The Morgan fingerprint density at radius 2 is 1.89 bits per heavy atom.